The van der Waals surface area contributed by atoms with Crippen molar-refractivity contribution in [2.24, 2.45) is 0 Å². The molecule has 0 fully saturated rings. The van der Waals surface area contributed by atoms with Crippen LogP contribution in [0.25, 0.3) is 0 Å². The number of aryl methyl sites for hydroxylation is 1. The molecule has 0 atom stereocenters. The molecule has 0 saturated heterocycles. The van der Waals surface area contributed by atoms with E-state index in [1.165, 1.54) is 4.90 Å². The average Bonchev–Trinajstić information content (AvgIpc) is 2.52. The number of hydrogen-bond acceptors (Lipinski definition) is 3. The number of nitrogens with one attached hydrogen (secondary N) is 1. The molecule has 3 rings (SSSR count). The summed E-state index contributed by atoms with van der Waals surface area (Å²) in [4.78, 5) is 25.7. The van der Waals surface area contributed by atoms with Crippen LogP contribution in [0.2, 0.25) is 5.02 Å². The van der Waals surface area contributed by atoms with E-state index in [2.05, 4.69) is 5.32 Å². The molecule has 0 saturated carbocycles. The standard InChI is InChI=1S/C17H15ClN2O3/c1-11-2-5-13(6-3-11)19-16(21)9-20-14-7-4-12(18)8-15(14)23-10-17(20)22/h2-8H,9-10H2,1H3,(H,19,21). The second kappa shape index (κ2) is 6.30. The highest BCUT2D eigenvalue weighted by atomic mass is 35.5. The van der Waals surface area contributed by atoms with Crippen molar-refractivity contribution < 1.29 is 14.3 Å². The first-order valence-corrected chi connectivity index (χ1v) is 7.50. The first-order chi connectivity index (χ1) is 11.0. The second-order valence-corrected chi connectivity index (χ2v) is 5.73. The molecule has 0 bridgehead atoms. The largest absolute Gasteiger partial charge is 0.482 e. The number of hydrogen-bond donors (Lipinski definition) is 1. The van der Waals surface area contributed by atoms with Gasteiger partial charge < -0.3 is 10.1 Å². The number of benzene rings is 2. The maximum absolute atomic E-state index is 12.2. The van der Waals surface area contributed by atoms with Crippen LogP contribution in [0.3, 0.4) is 0 Å². The first-order valence-electron chi connectivity index (χ1n) is 7.12. The summed E-state index contributed by atoms with van der Waals surface area (Å²) in [6.45, 7) is 1.79. The molecule has 0 unspecified atom stereocenters. The molecule has 5 nitrogen and oxygen atoms in total. The number of rotatable bonds is 3. The molecule has 0 aromatic heterocycles. The molecule has 118 valence electrons. The van der Waals surface area contributed by atoms with Crippen molar-refractivity contribution in [3.8, 4) is 5.75 Å². The molecule has 0 aliphatic carbocycles. The minimum absolute atomic E-state index is 0.0787. The molecule has 1 aliphatic heterocycles. The van der Waals surface area contributed by atoms with E-state index in [4.69, 9.17) is 16.3 Å². The van der Waals surface area contributed by atoms with Crippen LogP contribution < -0.4 is 15.0 Å². The minimum atomic E-state index is -0.273. The van der Waals surface area contributed by atoms with Gasteiger partial charge in [0.05, 0.1) is 5.69 Å². The van der Waals surface area contributed by atoms with E-state index in [9.17, 15) is 9.59 Å². The van der Waals surface area contributed by atoms with Gasteiger partial charge in [-0.05, 0) is 31.2 Å². The summed E-state index contributed by atoms with van der Waals surface area (Å²) in [6, 6.07) is 12.4. The summed E-state index contributed by atoms with van der Waals surface area (Å²) >= 11 is 5.92. The van der Waals surface area contributed by atoms with E-state index >= 15 is 0 Å². The highest BCUT2D eigenvalue weighted by Crippen LogP contribution is 2.34. The van der Waals surface area contributed by atoms with E-state index in [1.54, 1.807) is 18.2 Å². The van der Waals surface area contributed by atoms with Gasteiger partial charge in [-0.25, -0.2) is 0 Å². The maximum Gasteiger partial charge on any atom is 0.265 e. The van der Waals surface area contributed by atoms with Crippen LogP contribution in [-0.4, -0.2) is 25.0 Å². The molecule has 2 aromatic carbocycles. The average molecular weight is 331 g/mol. The molecule has 6 heteroatoms. The Bertz CT molecular complexity index is 759. The number of nitrogens with zero attached hydrogens (tertiary/aromatic N) is 1. The number of carbonyl (C=O) groups is 2. The summed E-state index contributed by atoms with van der Waals surface area (Å²) in [6.07, 6.45) is 0. The zero-order valence-electron chi connectivity index (χ0n) is 12.5. The minimum Gasteiger partial charge on any atom is -0.482 e. The van der Waals surface area contributed by atoms with E-state index in [0.29, 0.717) is 22.1 Å². The summed E-state index contributed by atoms with van der Waals surface area (Å²) in [7, 11) is 0. The van der Waals surface area contributed by atoms with Crippen LogP contribution in [0.4, 0.5) is 11.4 Å². The molecule has 1 N–H and O–H groups in total. The predicted octanol–water partition coefficient (Wildman–Crippen LogP) is 3.01. The van der Waals surface area contributed by atoms with Crippen LogP contribution in [0.15, 0.2) is 42.5 Å². The van der Waals surface area contributed by atoms with Crippen LogP contribution in [-0.2, 0) is 9.59 Å². The summed E-state index contributed by atoms with van der Waals surface area (Å²) in [5.74, 6) is -0.0379. The van der Waals surface area contributed by atoms with Gasteiger partial charge in [0.2, 0.25) is 5.91 Å². The molecule has 0 radical (unpaired) electrons. The van der Waals surface area contributed by atoms with Crippen molar-refractivity contribution in [3.63, 3.8) is 0 Å². The monoisotopic (exact) mass is 330 g/mol. The van der Waals surface area contributed by atoms with Crippen molar-refractivity contribution in [2.45, 2.75) is 6.92 Å². The van der Waals surface area contributed by atoms with Crippen molar-refractivity contribution >= 4 is 34.8 Å². The van der Waals surface area contributed by atoms with Gasteiger partial charge in [0.1, 0.15) is 12.3 Å². The Kier molecular flexibility index (Phi) is 4.21. The molecular weight excluding hydrogens is 316 g/mol. The molecular formula is C17H15ClN2O3. The molecule has 2 amide bonds. The van der Waals surface area contributed by atoms with Crippen molar-refractivity contribution in [2.75, 3.05) is 23.4 Å². The van der Waals surface area contributed by atoms with Gasteiger partial charge in [0, 0.05) is 16.8 Å². The highest BCUT2D eigenvalue weighted by Gasteiger charge is 2.27. The van der Waals surface area contributed by atoms with Crippen LogP contribution in [0.5, 0.6) is 5.75 Å². The Morgan fingerprint density at radius 1 is 1.26 bits per heavy atom. The van der Waals surface area contributed by atoms with E-state index in [0.717, 1.165) is 5.56 Å². The number of halogens is 1. The number of amides is 2. The Balaban J connectivity index is 1.75. The molecule has 0 spiro atoms. The van der Waals surface area contributed by atoms with Gasteiger partial charge in [-0.2, -0.15) is 0 Å². The van der Waals surface area contributed by atoms with Crippen molar-refractivity contribution in [3.05, 3.63) is 53.1 Å². The summed E-state index contributed by atoms with van der Waals surface area (Å²) in [5.41, 5.74) is 2.35. The Morgan fingerprint density at radius 2 is 2.00 bits per heavy atom. The van der Waals surface area contributed by atoms with Crippen molar-refractivity contribution in [1.82, 2.24) is 0 Å². The number of anilines is 2. The maximum atomic E-state index is 12.2. The lowest BCUT2D eigenvalue weighted by atomic mass is 10.2. The lowest BCUT2D eigenvalue weighted by Crippen LogP contribution is -2.43. The first kappa shape index (κ1) is 15.4. The Hall–Kier alpha value is -2.53. The van der Waals surface area contributed by atoms with Gasteiger partial charge in [0.25, 0.3) is 5.91 Å². The third-order valence-electron chi connectivity index (χ3n) is 3.50. The SMILES string of the molecule is Cc1ccc(NC(=O)CN2C(=O)COc3cc(Cl)ccc32)cc1. The number of ether oxygens (including phenoxy) is 1. The van der Waals surface area contributed by atoms with Gasteiger partial charge in [-0.3, -0.25) is 14.5 Å². The van der Waals surface area contributed by atoms with Gasteiger partial charge >= 0.3 is 0 Å². The van der Waals surface area contributed by atoms with E-state index in [1.807, 2.05) is 31.2 Å². The number of carbonyl (C=O) groups excluding carboxylic acids is 2. The molecule has 1 heterocycles. The Labute approximate surface area is 138 Å². The summed E-state index contributed by atoms with van der Waals surface area (Å²) < 4.78 is 5.35. The normalized spacial score (nSPS) is 13.3. The van der Waals surface area contributed by atoms with Crippen LogP contribution >= 0.6 is 11.6 Å². The smallest absolute Gasteiger partial charge is 0.265 e. The third-order valence-corrected chi connectivity index (χ3v) is 3.74. The Morgan fingerprint density at radius 3 is 2.74 bits per heavy atom. The highest BCUT2D eigenvalue weighted by molar-refractivity contribution is 6.31. The third kappa shape index (κ3) is 3.46. The van der Waals surface area contributed by atoms with Gasteiger partial charge in [-0.15, -0.1) is 0 Å². The van der Waals surface area contributed by atoms with Crippen molar-refractivity contribution in [1.29, 1.82) is 0 Å². The van der Waals surface area contributed by atoms with Crippen LogP contribution in [0.1, 0.15) is 5.56 Å². The zero-order chi connectivity index (χ0) is 16.4. The van der Waals surface area contributed by atoms with Gasteiger partial charge in [-0.1, -0.05) is 29.3 Å². The topological polar surface area (TPSA) is 58.6 Å². The quantitative estimate of drug-likeness (QED) is 0.941. The lowest BCUT2D eigenvalue weighted by molar-refractivity contribution is -0.123. The molecule has 2 aromatic rings. The van der Waals surface area contributed by atoms with E-state index < -0.39 is 0 Å². The molecule has 23 heavy (non-hydrogen) atoms. The van der Waals surface area contributed by atoms with E-state index in [-0.39, 0.29) is 25.0 Å². The predicted molar refractivity (Wildman–Crippen MR) is 89.1 cm³/mol. The fourth-order valence-electron chi connectivity index (χ4n) is 2.33. The zero-order valence-corrected chi connectivity index (χ0v) is 13.3. The fraction of sp³-hybridized carbons (Fsp3) is 0.176. The number of fused-ring (bicyclic) bond motifs is 1. The van der Waals surface area contributed by atoms with Crippen LogP contribution in [0, 0.1) is 6.92 Å². The fourth-order valence-corrected chi connectivity index (χ4v) is 2.49. The second-order valence-electron chi connectivity index (χ2n) is 5.29. The lowest BCUT2D eigenvalue weighted by Gasteiger charge is -2.28. The van der Waals surface area contributed by atoms with Gasteiger partial charge in [0.15, 0.2) is 6.61 Å². The molecule has 1 aliphatic rings. The summed E-state index contributed by atoms with van der Waals surface area (Å²) in [5, 5.41) is 3.30.